The standard InChI is InChI=1S/C11H20N4O2S/c1-9-7-11(15(2)13-9)14-18(16,17)8-10-3-5-12-6-4-10/h7,10,12,14H,3-6,8H2,1-2H3. The molecule has 1 aliphatic heterocycles. The van der Waals surface area contributed by atoms with Crippen LogP contribution in [0, 0.1) is 12.8 Å². The van der Waals surface area contributed by atoms with Crippen LogP contribution in [-0.2, 0) is 17.1 Å². The van der Waals surface area contributed by atoms with Gasteiger partial charge in [-0.15, -0.1) is 0 Å². The number of hydrogen-bond donors (Lipinski definition) is 2. The van der Waals surface area contributed by atoms with Gasteiger partial charge in [0, 0.05) is 13.1 Å². The Morgan fingerprint density at radius 1 is 1.50 bits per heavy atom. The van der Waals surface area contributed by atoms with Gasteiger partial charge in [0.05, 0.1) is 11.4 Å². The first-order valence-corrected chi connectivity index (χ1v) is 7.83. The van der Waals surface area contributed by atoms with Crippen LogP contribution in [0.1, 0.15) is 18.5 Å². The van der Waals surface area contributed by atoms with E-state index in [2.05, 4.69) is 15.1 Å². The number of rotatable bonds is 4. The number of hydrogen-bond acceptors (Lipinski definition) is 4. The van der Waals surface area contributed by atoms with Gasteiger partial charge in [-0.1, -0.05) is 0 Å². The third-order valence-electron chi connectivity index (χ3n) is 3.18. The van der Waals surface area contributed by atoms with Crippen LogP contribution in [0.5, 0.6) is 0 Å². The van der Waals surface area contributed by atoms with Gasteiger partial charge in [-0.2, -0.15) is 5.10 Å². The molecule has 1 aromatic heterocycles. The quantitative estimate of drug-likeness (QED) is 0.835. The van der Waals surface area contributed by atoms with Crippen LogP contribution >= 0.6 is 0 Å². The molecule has 1 aromatic rings. The van der Waals surface area contributed by atoms with Crippen molar-refractivity contribution in [3.8, 4) is 0 Å². The van der Waals surface area contributed by atoms with Crippen molar-refractivity contribution in [1.82, 2.24) is 15.1 Å². The number of piperidine rings is 1. The minimum Gasteiger partial charge on any atom is -0.317 e. The predicted octanol–water partition coefficient (Wildman–Crippen LogP) is 0.470. The highest BCUT2D eigenvalue weighted by Gasteiger charge is 2.22. The van der Waals surface area contributed by atoms with Crippen molar-refractivity contribution in [1.29, 1.82) is 0 Å². The lowest BCUT2D eigenvalue weighted by atomic mass is 10.0. The topological polar surface area (TPSA) is 76.0 Å². The molecule has 2 N–H and O–H groups in total. The van der Waals surface area contributed by atoms with Crippen LogP contribution in [0.25, 0.3) is 0 Å². The summed E-state index contributed by atoms with van der Waals surface area (Å²) >= 11 is 0. The van der Waals surface area contributed by atoms with Gasteiger partial charge in [0.1, 0.15) is 5.82 Å². The number of aryl methyl sites for hydroxylation is 2. The number of sulfonamides is 1. The average Bonchev–Trinajstić information content (AvgIpc) is 2.57. The van der Waals surface area contributed by atoms with E-state index in [1.165, 1.54) is 0 Å². The van der Waals surface area contributed by atoms with Crippen LogP contribution in [0.15, 0.2) is 6.07 Å². The molecule has 1 aliphatic rings. The molecule has 0 aromatic carbocycles. The van der Waals surface area contributed by atoms with Gasteiger partial charge < -0.3 is 5.32 Å². The summed E-state index contributed by atoms with van der Waals surface area (Å²) in [7, 11) is -1.55. The van der Waals surface area contributed by atoms with E-state index in [0.29, 0.717) is 5.82 Å². The fourth-order valence-electron chi connectivity index (χ4n) is 2.27. The maximum atomic E-state index is 12.1. The van der Waals surface area contributed by atoms with Gasteiger partial charge in [-0.05, 0) is 38.8 Å². The van der Waals surface area contributed by atoms with E-state index in [0.717, 1.165) is 31.6 Å². The molecule has 0 atom stereocenters. The Bertz CT molecular complexity index is 503. The summed E-state index contributed by atoms with van der Waals surface area (Å²) in [4.78, 5) is 0. The predicted molar refractivity (Wildman–Crippen MR) is 70.9 cm³/mol. The van der Waals surface area contributed by atoms with Crippen LogP contribution in [-0.4, -0.2) is 37.0 Å². The van der Waals surface area contributed by atoms with E-state index >= 15 is 0 Å². The van der Waals surface area contributed by atoms with Crippen molar-refractivity contribution in [2.45, 2.75) is 19.8 Å². The van der Waals surface area contributed by atoms with E-state index in [-0.39, 0.29) is 11.7 Å². The second-order valence-corrected chi connectivity index (χ2v) is 6.64. The lowest BCUT2D eigenvalue weighted by molar-refractivity contribution is 0.402. The first-order valence-electron chi connectivity index (χ1n) is 6.18. The molecule has 6 nitrogen and oxygen atoms in total. The van der Waals surface area contributed by atoms with Crippen molar-refractivity contribution in [2.24, 2.45) is 13.0 Å². The Labute approximate surface area is 108 Å². The maximum Gasteiger partial charge on any atom is 0.234 e. The Hall–Kier alpha value is -1.08. The van der Waals surface area contributed by atoms with E-state index in [4.69, 9.17) is 0 Å². The summed E-state index contributed by atoms with van der Waals surface area (Å²) in [5.74, 6) is 0.971. The Morgan fingerprint density at radius 3 is 2.72 bits per heavy atom. The van der Waals surface area contributed by atoms with Crippen molar-refractivity contribution in [3.05, 3.63) is 11.8 Å². The van der Waals surface area contributed by atoms with E-state index < -0.39 is 10.0 Å². The van der Waals surface area contributed by atoms with E-state index in [1.807, 2.05) is 6.92 Å². The molecule has 2 rings (SSSR count). The van der Waals surface area contributed by atoms with Crippen LogP contribution < -0.4 is 10.0 Å². The largest absolute Gasteiger partial charge is 0.317 e. The van der Waals surface area contributed by atoms with Crippen molar-refractivity contribution >= 4 is 15.8 Å². The molecular weight excluding hydrogens is 252 g/mol. The summed E-state index contributed by atoms with van der Waals surface area (Å²) < 4.78 is 28.3. The molecule has 1 fully saturated rings. The molecular formula is C11H20N4O2S. The van der Waals surface area contributed by atoms with Crippen molar-refractivity contribution in [3.63, 3.8) is 0 Å². The zero-order valence-corrected chi connectivity index (χ0v) is 11.6. The Balaban J connectivity index is 2.00. The highest BCUT2D eigenvalue weighted by molar-refractivity contribution is 7.92. The van der Waals surface area contributed by atoms with Crippen LogP contribution in [0.3, 0.4) is 0 Å². The summed E-state index contributed by atoms with van der Waals surface area (Å²) in [6.45, 7) is 3.65. The molecule has 102 valence electrons. The zero-order chi connectivity index (χ0) is 13.2. The second-order valence-electron chi connectivity index (χ2n) is 4.87. The number of aromatic nitrogens is 2. The van der Waals surface area contributed by atoms with Gasteiger partial charge in [-0.25, -0.2) is 8.42 Å². The first kappa shape index (κ1) is 13.4. The Kier molecular flexibility index (Phi) is 3.91. The minimum atomic E-state index is -3.28. The van der Waals surface area contributed by atoms with Gasteiger partial charge in [-0.3, -0.25) is 9.40 Å². The first-order chi connectivity index (χ1) is 8.46. The second kappa shape index (κ2) is 5.27. The smallest absolute Gasteiger partial charge is 0.234 e. The van der Waals surface area contributed by atoms with Gasteiger partial charge in [0.2, 0.25) is 10.0 Å². The third-order valence-corrected chi connectivity index (χ3v) is 4.61. The number of nitrogens with one attached hydrogen (secondary N) is 2. The lowest BCUT2D eigenvalue weighted by Crippen LogP contribution is -2.33. The summed E-state index contributed by atoms with van der Waals surface area (Å²) in [5, 5.41) is 7.36. The van der Waals surface area contributed by atoms with Gasteiger partial charge in [0.25, 0.3) is 0 Å². The molecule has 18 heavy (non-hydrogen) atoms. The highest BCUT2D eigenvalue weighted by atomic mass is 32.2. The van der Waals surface area contributed by atoms with Crippen LogP contribution in [0.4, 0.5) is 5.82 Å². The number of anilines is 1. The van der Waals surface area contributed by atoms with Crippen molar-refractivity contribution < 1.29 is 8.42 Å². The van der Waals surface area contributed by atoms with Gasteiger partial charge >= 0.3 is 0 Å². The molecule has 0 amide bonds. The highest BCUT2D eigenvalue weighted by Crippen LogP contribution is 2.17. The summed E-state index contributed by atoms with van der Waals surface area (Å²) in [6, 6.07) is 1.74. The summed E-state index contributed by atoms with van der Waals surface area (Å²) in [6.07, 6.45) is 1.84. The SMILES string of the molecule is Cc1cc(NS(=O)(=O)CC2CCNCC2)n(C)n1. The molecule has 0 unspecified atom stereocenters. The minimum absolute atomic E-state index is 0.193. The molecule has 0 radical (unpaired) electrons. The molecule has 0 saturated carbocycles. The zero-order valence-electron chi connectivity index (χ0n) is 10.8. The monoisotopic (exact) mass is 272 g/mol. The maximum absolute atomic E-state index is 12.1. The number of nitrogens with zero attached hydrogens (tertiary/aromatic N) is 2. The van der Waals surface area contributed by atoms with E-state index in [1.54, 1.807) is 17.8 Å². The molecule has 7 heteroatoms. The third kappa shape index (κ3) is 3.46. The fourth-order valence-corrected chi connectivity index (χ4v) is 3.81. The van der Waals surface area contributed by atoms with Crippen LogP contribution in [0.2, 0.25) is 0 Å². The lowest BCUT2D eigenvalue weighted by Gasteiger charge is -2.22. The average molecular weight is 272 g/mol. The molecule has 0 bridgehead atoms. The molecule has 0 spiro atoms. The normalized spacial score (nSPS) is 17.9. The fraction of sp³-hybridized carbons (Fsp3) is 0.727. The summed E-state index contributed by atoms with van der Waals surface area (Å²) in [5.41, 5.74) is 0.803. The Morgan fingerprint density at radius 2 is 2.17 bits per heavy atom. The van der Waals surface area contributed by atoms with E-state index in [9.17, 15) is 8.42 Å². The molecule has 0 aliphatic carbocycles. The van der Waals surface area contributed by atoms with Crippen molar-refractivity contribution in [2.75, 3.05) is 23.6 Å². The molecule has 1 saturated heterocycles. The molecule has 2 heterocycles. The van der Waals surface area contributed by atoms with Gasteiger partial charge in [0.15, 0.2) is 0 Å².